The fourth-order valence-corrected chi connectivity index (χ4v) is 4.46. The number of halogens is 3. The number of hydrogen-bond donors (Lipinski definition) is 2. The third kappa shape index (κ3) is 6.43. The summed E-state index contributed by atoms with van der Waals surface area (Å²) < 4.78 is 72.6. The van der Waals surface area contributed by atoms with Crippen molar-refractivity contribution in [3.05, 3.63) is 0 Å². The summed E-state index contributed by atoms with van der Waals surface area (Å²) in [6.07, 6.45) is 2.25. The molecular formula is C17H31F3N4O4S. The minimum atomic E-state index is -5.25. The monoisotopic (exact) mass is 444 g/mol. The van der Waals surface area contributed by atoms with Crippen LogP contribution < -0.4 is 10.6 Å². The van der Waals surface area contributed by atoms with Crippen molar-refractivity contribution in [2.75, 3.05) is 53.0 Å². The predicted molar refractivity (Wildman–Crippen MR) is 103 cm³/mol. The van der Waals surface area contributed by atoms with Crippen LogP contribution in [0, 0.1) is 5.92 Å². The number of methoxy groups -OCH3 is 1. The second-order valence-corrected chi connectivity index (χ2v) is 9.30. The number of rotatable bonds is 7. The number of hydrogen-bond acceptors (Lipinski definition) is 5. The van der Waals surface area contributed by atoms with Gasteiger partial charge in [0.2, 0.25) is 0 Å². The van der Waals surface area contributed by atoms with Gasteiger partial charge in [0, 0.05) is 59.3 Å². The van der Waals surface area contributed by atoms with Crippen LogP contribution in [0.4, 0.5) is 13.2 Å². The molecule has 0 bridgehead atoms. The Morgan fingerprint density at radius 1 is 1.24 bits per heavy atom. The molecule has 2 N–H and O–H groups in total. The first-order valence-electron chi connectivity index (χ1n) is 9.85. The molecule has 2 fully saturated rings. The zero-order valence-electron chi connectivity index (χ0n) is 16.9. The standard InChI is InChI=1S/C17H31F3N4O4S/c1-3-21-15(23-13-16(27-2)6-10-28-11-7-16)22-12-14-4-8-24(9-5-14)29(25,26)17(18,19)20/h14H,3-13H2,1-2H3,(H2,21,22,23). The van der Waals surface area contributed by atoms with Crippen molar-refractivity contribution >= 4 is 16.0 Å². The van der Waals surface area contributed by atoms with Crippen LogP contribution in [0.3, 0.4) is 0 Å². The minimum absolute atomic E-state index is 0.0676. The molecule has 29 heavy (non-hydrogen) atoms. The topological polar surface area (TPSA) is 92.3 Å². The lowest BCUT2D eigenvalue weighted by Gasteiger charge is -2.34. The first-order chi connectivity index (χ1) is 13.6. The lowest BCUT2D eigenvalue weighted by Crippen LogP contribution is -2.47. The van der Waals surface area contributed by atoms with E-state index in [1.807, 2.05) is 6.92 Å². The number of aliphatic imine (C=N–C) groups is 1. The molecule has 0 radical (unpaired) electrons. The summed E-state index contributed by atoms with van der Waals surface area (Å²) in [7, 11) is -3.57. The van der Waals surface area contributed by atoms with Gasteiger partial charge < -0.3 is 20.1 Å². The quantitative estimate of drug-likeness (QED) is 0.454. The molecule has 0 aromatic heterocycles. The molecule has 0 aromatic carbocycles. The lowest BCUT2D eigenvalue weighted by molar-refractivity contribution is -0.0828. The highest BCUT2D eigenvalue weighted by Gasteiger charge is 2.50. The highest BCUT2D eigenvalue weighted by Crippen LogP contribution is 2.30. The van der Waals surface area contributed by atoms with Gasteiger partial charge in [-0.05, 0) is 25.7 Å². The van der Waals surface area contributed by atoms with Crippen LogP contribution >= 0.6 is 0 Å². The number of piperidine rings is 1. The van der Waals surface area contributed by atoms with Crippen molar-refractivity contribution in [1.29, 1.82) is 0 Å². The minimum Gasteiger partial charge on any atom is -0.381 e. The van der Waals surface area contributed by atoms with Crippen LogP contribution in [0.1, 0.15) is 32.6 Å². The molecule has 2 aliphatic rings. The predicted octanol–water partition coefficient (Wildman–Crippen LogP) is 1.30. The van der Waals surface area contributed by atoms with Crippen LogP contribution in [0.25, 0.3) is 0 Å². The fourth-order valence-electron chi connectivity index (χ4n) is 3.48. The molecule has 2 saturated heterocycles. The summed E-state index contributed by atoms with van der Waals surface area (Å²) in [5.74, 6) is 0.679. The second kappa shape index (κ2) is 10.3. The van der Waals surface area contributed by atoms with Gasteiger partial charge in [-0.3, -0.25) is 4.99 Å². The van der Waals surface area contributed by atoms with E-state index in [1.54, 1.807) is 7.11 Å². The molecule has 170 valence electrons. The number of guanidine groups is 1. The van der Waals surface area contributed by atoms with Crippen LogP contribution in [-0.4, -0.2) is 82.8 Å². The molecule has 0 unspecified atom stereocenters. The summed E-state index contributed by atoms with van der Waals surface area (Å²) in [6, 6.07) is 0. The van der Waals surface area contributed by atoms with E-state index in [0.29, 0.717) is 56.0 Å². The van der Waals surface area contributed by atoms with Gasteiger partial charge in [-0.25, -0.2) is 8.42 Å². The van der Waals surface area contributed by atoms with E-state index in [2.05, 4.69) is 15.6 Å². The first kappa shape index (κ1) is 24.2. The maximum Gasteiger partial charge on any atom is 0.511 e. The number of alkyl halides is 3. The van der Waals surface area contributed by atoms with Crippen molar-refractivity contribution in [3.8, 4) is 0 Å². The zero-order chi connectivity index (χ0) is 21.5. The molecule has 2 aliphatic heterocycles. The molecule has 2 heterocycles. The Labute approximate surface area is 170 Å². The van der Waals surface area contributed by atoms with Crippen LogP contribution in [0.5, 0.6) is 0 Å². The zero-order valence-corrected chi connectivity index (χ0v) is 17.7. The van der Waals surface area contributed by atoms with Crippen molar-refractivity contribution in [1.82, 2.24) is 14.9 Å². The van der Waals surface area contributed by atoms with E-state index in [-0.39, 0.29) is 24.6 Å². The van der Waals surface area contributed by atoms with E-state index >= 15 is 0 Å². The molecule has 0 atom stereocenters. The van der Waals surface area contributed by atoms with E-state index in [9.17, 15) is 21.6 Å². The summed E-state index contributed by atoms with van der Waals surface area (Å²) in [5, 5.41) is 6.37. The third-order valence-corrected chi connectivity index (χ3v) is 7.10. The smallest absolute Gasteiger partial charge is 0.381 e. The lowest BCUT2D eigenvalue weighted by atomic mass is 9.94. The normalized spacial score (nSPS) is 22.4. The number of nitrogens with one attached hydrogen (secondary N) is 2. The molecule has 0 aliphatic carbocycles. The van der Waals surface area contributed by atoms with Crippen molar-refractivity contribution in [2.24, 2.45) is 10.9 Å². The number of ether oxygens (including phenoxy) is 2. The van der Waals surface area contributed by atoms with Crippen molar-refractivity contribution in [2.45, 2.75) is 43.7 Å². The van der Waals surface area contributed by atoms with Gasteiger partial charge in [0.15, 0.2) is 5.96 Å². The van der Waals surface area contributed by atoms with Crippen LogP contribution in [-0.2, 0) is 19.5 Å². The highest BCUT2D eigenvalue weighted by molar-refractivity contribution is 7.90. The van der Waals surface area contributed by atoms with Gasteiger partial charge in [0.25, 0.3) is 0 Å². The Balaban J connectivity index is 1.86. The molecule has 0 saturated carbocycles. The van der Waals surface area contributed by atoms with Crippen LogP contribution in [0.2, 0.25) is 0 Å². The van der Waals surface area contributed by atoms with Gasteiger partial charge in [0.05, 0.1) is 12.1 Å². The molecular weight excluding hydrogens is 413 g/mol. The third-order valence-electron chi connectivity index (χ3n) is 5.47. The Morgan fingerprint density at radius 3 is 2.38 bits per heavy atom. The van der Waals surface area contributed by atoms with Crippen molar-refractivity contribution in [3.63, 3.8) is 0 Å². The molecule has 0 aromatic rings. The largest absolute Gasteiger partial charge is 0.511 e. The van der Waals surface area contributed by atoms with Crippen LogP contribution in [0.15, 0.2) is 4.99 Å². The summed E-state index contributed by atoms with van der Waals surface area (Å²) in [5.41, 5.74) is -5.59. The summed E-state index contributed by atoms with van der Waals surface area (Å²) in [4.78, 5) is 4.61. The Hall–Kier alpha value is -1.11. The average Bonchev–Trinajstić information content (AvgIpc) is 2.70. The second-order valence-electron chi connectivity index (χ2n) is 7.37. The van der Waals surface area contributed by atoms with E-state index < -0.39 is 15.5 Å². The first-order valence-corrected chi connectivity index (χ1v) is 11.3. The molecule has 2 rings (SSSR count). The molecule has 0 spiro atoms. The van der Waals surface area contributed by atoms with Gasteiger partial charge >= 0.3 is 15.5 Å². The van der Waals surface area contributed by atoms with Gasteiger partial charge in [-0.2, -0.15) is 17.5 Å². The Bertz CT molecular complexity index is 644. The summed E-state index contributed by atoms with van der Waals surface area (Å²) in [6.45, 7) is 4.59. The van der Waals surface area contributed by atoms with Crippen molar-refractivity contribution < 1.29 is 31.1 Å². The Kier molecular flexibility index (Phi) is 8.56. The van der Waals surface area contributed by atoms with Gasteiger partial charge in [-0.1, -0.05) is 0 Å². The Morgan fingerprint density at radius 2 is 1.86 bits per heavy atom. The molecule has 8 nitrogen and oxygen atoms in total. The number of sulfonamides is 1. The number of nitrogens with zero attached hydrogens (tertiary/aromatic N) is 2. The maximum absolute atomic E-state index is 12.7. The fraction of sp³-hybridized carbons (Fsp3) is 0.941. The molecule has 0 amide bonds. The van der Waals surface area contributed by atoms with Gasteiger partial charge in [-0.15, -0.1) is 0 Å². The van der Waals surface area contributed by atoms with E-state index in [4.69, 9.17) is 9.47 Å². The highest BCUT2D eigenvalue weighted by atomic mass is 32.2. The van der Waals surface area contributed by atoms with E-state index in [1.165, 1.54) is 0 Å². The SMILES string of the molecule is CCNC(=NCC1(OC)CCOCC1)NCC1CCN(S(=O)(=O)C(F)(F)F)CC1. The average molecular weight is 445 g/mol. The summed E-state index contributed by atoms with van der Waals surface area (Å²) >= 11 is 0. The van der Waals surface area contributed by atoms with E-state index in [0.717, 1.165) is 12.8 Å². The van der Waals surface area contributed by atoms with Gasteiger partial charge in [0.1, 0.15) is 0 Å². The molecule has 12 heteroatoms. The maximum atomic E-state index is 12.7.